The molecule has 166 valence electrons. The first-order valence-electron chi connectivity index (χ1n) is 10.4. The minimum atomic E-state index is -3.53. The van der Waals surface area contributed by atoms with Crippen molar-refractivity contribution in [2.24, 2.45) is 0 Å². The summed E-state index contributed by atoms with van der Waals surface area (Å²) in [5.41, 5.74) is 4.15. The Kier molecular flexibility index (Phi) is 7.00. The van der Waals surface area contributed by atoms with E-state index in [1.807, 2.05) is 39.0 Å². The normalized spacial score (nSPS) is 15.6. The fourth-order valence-electron chi connectivity index (χ4n) is 3.49. The summed E-state index contributed by atoms with van der Waals surface area (Å²) in [7, 11) is -3.53. The summed E-state index contributed by atoms with van der Waals surface area (Å²) in [5.74, 6) is -1.06. The topological polar surface area (TPSA) is 104 Å². The lowest BCUT2D eigenvalue weighted by molar-refractivity contribution is -0.116. The maximum atomic E-state index is 12.8. The van der Waals surface area contributed by atoms with Crippen molar-refractivity contribution in [1.82, 2.24) is 5.32 Å². The molecule has 31 heavy (non-hydrogen) atoms. The van der Waals surface area contributed by atoms with Gasteiger partial charge in [0.05, 0.1) is 22.9 Å². The molecular formula is C23H29N3O4S. The van der Waals surface area contributed by atoms with Gasteiger partial charge in [0.25, 0.3) is 5.91 Å². The van der Waals surface area contributed by atoms with E-state index in [2.05, 4.69) is 16.0 Å². The number of hydrogen-bond donors (Lipinski definition) is 3. The van der Waals surface area contributed by atoms with Crippen LogP contribution >= 0.6 is 0 Å². The maximum absolute atomic E-state index is 12.8. The van der Waals surface area contributed by atoms with Gasteiger partial charge in [0.2, 0.25) is 5.91 Å². The lowest BCUT2D eigenvalue weighted by atomic mass is 10.1. The second-order valence-corrected chi connectivity index (χ2v) is 10.1. The summed E-state index contributed by atoms with van der Waals surface area (Å²) < 4.78 is 25.6. The van der Waals surface area contributed by atoms with Gasteiger partial charge in [0, 0.05) is 12.1 Å². The molecule has 3 rings (SSSR count). The first-order chi connectivity index (χ1) is 14.7. The molecule has 8 heteroatoms. The van der Waals surface area contributed by atoms with Gasteiger partial charge >= 0.3 is 0 Å². The molecule has 1 aliphatic rings. The predicted octanol–water partition coefficient (Wildman–Crippen LogP) is 3.18. The molecule has 0 saturated carbocycles. The Hall–Kier alpha value is -2.87. The first kappa shape index (κ1) is 22.8. The highest BCUT2D eigenvalue weighted by Gasteiger charge is 2.30. The number of carbonyl (C=O) groups is 2. The molecule has 7 nitrogen and oxygen atoms in total. The summed E-state index contributed by atoms with van der Waals surface area (Å²) in [4.78, 5) is 24.8. The Labute approximate surface area is 183 Å². The summed E-state index contributed by atoms with van der Waals surface area (Å²) >= 11 is 0. The second kappa shape index (κ2) is 9.51. The quantitative estimate of drug-likeness (QED) is 0.544. The van der Waals surface area contributed by atoms with E-state index >= 15 is 0 Å². The lowest BCUT2D eigenvalue weighted by Gasteiger charge is -2.27. The smallest absolute Gasteiger partial charge is 0.251 e. The molecule has 1 unspecified atom stereocenters. The Bertz CT molecular complexity index is 1100. The number of unbranched alkanes of at least 4 members (excludes halogenated alkanes) is 1. The van der Waals surface area contributed by atoms with Crippen LogP contribution in [0.25, 0.3) is 0 Å². The SMILES string of the molecule is CCCCNC(=O)c1ccc2c(c1)NC(=O)C(CS(=O)(=O)Cc1cc(C)ccc1C)N2. The zero-order valence-electron chi connectivity index (χ0n) is 18.1. The number of benzene rings is 2. The largest absolute Gasteiger partial charge is 0.371 e. The molecule has 1 atom stereocenters. The van der Waals surface area contributed by atoms with Gasteiger partial charge in [-0.3, -0.25) is 9.59 Å². The number of nitrogens with one attached hydrogen (secondary N) is 3. The van der Waals surface area contributed by atoms with Crippen molar-refractivity contribution >= 4 is 33.0 Å². The third-order valence-electron chi connectivity index (χ3n) is 5.30. The second-order valence-electron chi connectivity index (χ2n) is 8.04. The molecule has 2 aromatic carbocycles. The predicted molar refractivity (Wildman–Crippen MR) is 123 cm³/mol. The molecule has 0 aliphatic carbocycles. The van der Waals surface area contributed by atoms with Crippen molar-refractivity contribution in [1.29, 1.82) is 0 Å². The number of aryl methyl sites for hydroxylation is 2. The van der Waals surface area contributed by atoms with Crippen LogP contribution in [0.5, 0.6) is 0 Å². The van der Waals surface area contributed by atoms with Crippen LogP contribution in [-0.4, -0.2) is 38.6 Å². The molecule has 3 N–H and O–H groups in total. The molecule has 0 radical (unpaired) electrons. The highest BCUT2D eigenvalue weighted by molar-refractivity contribution is 7.90. The van der Waals surface area contributed by atoms with Gasteiger partial charge in [-0.05, 0) is 49.6 Å². The average molecular weight is 444 g/mol. The van der Waals surface area contributed by atoms with Gasteiger partial charge in [0.1, 0.15) is 6.04 Å². The van der Waals surface area contributed by atoms with Crippen LogP contribution in [0.4, 0.5) is 11.4 Å². The fraction of sp³-hybridized carbons (Fsp3) is 0.391. The Morgan fingerprint density at radius 3 is 2.61 bits per heavy atom. The minimum absolute atomic E-state index is 0.115. The van der Waals surface area contributed by atoms with Crippen molar-refractivity contribution in [2.45, 2.75) is 45.4 Å². The maximum Gasteiger partial charge on any atom is 0.251 e. The highest BCUT2D eigenvalue weighted by atomic mass is 32.2. The number of fused-ring (bicyclic) bond motifs is 1. The van der Waals surface area contributed by atoms with E-state index in [1.54, 1.807) is 18.2 Å². The molecule has 1 aliphatic heterocycles. The monoisotopic (exact) mass is 443 g/mol. The van der Waals surface area contributed by atoms with E-state index in [4.69, 9.17) is 0 Å². The highest BCUT2D eigenvalue weighted by Crippen LogP contribution is 2.28. The van der Waals surface area contributed by atoms with Crippen LogP contribution in [0.2, 0.25) is 0 Å². The molecule has 0 bridgehead atoms. The van der Waals surface area contributed by atoms with E-state index in [-0.39, 0.29) is 17.4 Å². The number of anilines is 2. The molecule has 0 aromatic heterocycles. The van der Waals surface area contributed by atoms with Crippen LogP contribution in [0.15, 0.2) is 36.4 Å². The van der Waals surface area contributed by atoms with E-state index in [0.717, 1.165) is 29.5 Å². The van der Waals surface area contributed by atoms with Gasteiger partial charge in [0.15, 0.2) is 9.84 Å². The number of amides is 2. The van der Waals surface area contributed by atoms with E-state index < -0.39 is 21.8 Å². The number of sulfone groups is 1. The van der Waals surface area contributed by atoms with E-state index in [9.17, 15) is 18.0 Å². The van der Waals surface area contributed by atoms with Crippen LogP contribution in [-0.2, 0) is 20.4 Å². The zero-order chi connectivity index (χ0) is 22.6. The third kappa shape index (κ3) is 5.85. The van der Waals surface area contributed by atoms with Crippen LogP contribution < -0.4 is 16.0 Å². The standard InChI is InChI=1S/C23H29N3O4S/c1-4-5-10-24-22(27)17-8-9-19-20(12-17)26-23(28)21(25-19)14-31(29,30)13-18-11-15(2)6-7-16(18)3/h6-9,11-12,21,25H,4-5,10,13-14H2,1-3H3,(H,24,27)(H,26,28). The zero-order valence-corrected chi connectivity index (χ0v) is 18.9. The van der Waals surface area contributed by atoms with E-state index in [1.165, 1.54) is 0 Å². The third-order valence-corrected chi connectivity index (χ3v) is 6.89. The molecule has 2 amide bonds. The van der Waals surface area contributed by atoms with Crippen molar-refractivity contribution in [2.75, 3.05) is 22.9 Å². The van der Waals surface area contributed by atoms with Crippen LogP contribution in [0, 0.1) is 13.8 Å². The van der Waals surface area contributed by atoms with Gasteiger partial charge < -0.3 is 16.0 Å². The van der Waals surface area contributed by atoms with Crippen LogP contribution in [0.1, 0.15) is 46.8 Å². The summed E-state index contributed by atoms with van der Waals surface area (Å²) in [5, 5.41) is 8.58. The summed E-state index contributed by atoms with van der Waals surface area (Å²) in [6.45, 7) is 6.44. The van der Waals surface area contributed by atoms with Crippen molar-refractivity contribution in [3.05, 3.63) is 58.7 Å². The fourth-order valence-corrected chi connectivity index (χ4v) is 5.14. The van der Waals surface area contributed by atoms with Crippen molar-refractivity contribution in [3.8, 4) is 0 Å². The Balaban J connectivity index is 1.70. The van der Waals surface area contributed by atoms with Gasteiger partial charge in [-0.25, -0.2) is 8.42 Å². The number of rotatable bonds is 8. The molecule has 0 spiro atoms. The van der Waals surface area contributed by atoms with E-state index in [0.29, 0.717) is 23.5 Å². The Morgan fingerprint density at radius 2 is 1.87 bits per heavy atom. The van der Waals surface area contributed by atoms with Crippen molar-refractivity contribution in [3.63, 3.8) is 0 Å². The number of hydrogen-bond acceptors (Lipinski definition) is 5. The Morgan fingerprint density at radius 1 is 1.10 bits per heavy atom. The molecule has 1 heterocycles. The van der Waals surface area contributed by atoms with Gasteiger partial charge in [-0.1, -0.05) is 37.1 Å². The molecule has 0 fully saturated rings. The average Bonchev–Trinajstić information content (AvgIpc) is 2.70. The van der Waals surface area contributed by atoms with Crippen molar-refractivity contribution < 1.29 is 18.0 Å². The lowest BCUT2D eigenvalue weighted by Crippen LogP contribution is -2.43. The van der Waals surface area contributed by atoms with Crippen LogP contribution in [0.3, 0.4) is 0 Å². The minimum Gasteiger partial charge on any atom is -0.371 e. The summed E-state index contributed by atoms with van der Waals surface area (Å²) in [6, 6.07) is 9.76. The molecule has 0 saturated heterocycles. The number of carbonyl (C=O) groups excluding carboxylic acids is 2. The van der Waals surface area contributed by atoms with Gasteiger partial charge in [-0.2, -0.15) is 0 Å². The first-order valence-corrected chi connectivity index (χ1v) is 12.3. The van der Waals surface area contributed by atoms with Gasteiger partial charge in [-0.15, -0.1) is 0 Å². The molecular weight excluding hydrogens is 414 g/mol. The summed E-state index contributed by atoms with van der Waals surface area (Å²) in [6.07, 6.45) is 1.88. The molecule has 2 aromatic rings.